The molecule has 0 radical (unpaired) electrons. The maximum atomic E-state index is 4.04. The molecule has 0 saturated carbocycles. The van der Waals surface area contributed by atoms with E-state index in [1.807, 2.05) is 0 Å². The minimum Gasteiger partial charge on any atom is -0.241 e. The van der Waals surface area contributed by atoms with Gasteiger partial charge in [0.05, 0.1) is 6.20 Å². The summed E-state index contributed by atoms with van der Waals surface area (Å²) in [5.41, 5.74) is 4.34. The van der Waals surface area contributed by atoms with Crippen LogP contribution in [0.15, 0.2) is 30.7 Å². The Kier molecular flexibility index (Phi) is 2.23. The highest BCUT2D eigenvalue weighted by atomic mass is 15.1. The zero-order valence-electron chi connectivity index (χ0n) is 8.23. The number of rotatable bonds is 1. The molecule has 1 aromatic carbocycles. The Morgan fingerprint density at radius 2 is 2.00 bits per heavy atom. The van der Waals surface area contributed by atoms with Crippen molar-refractivity contribution < 1.29 is 0 Å². The van der Waals surface area contributed by atoms with Crippen LogP contribution in [-0.4, -0.2) is 15.2 Å². The van der Waals surface area contributed by atoms with Crippen molar-refractivity contribution in [2.45, 2.75) is 13.8 Å². The SMILES string of the molecule is Cc1ccc(C)c(-c2cncnn2)c1. The number of aromatic nitrogens is 3. The monoisotopic (exact) mass is 185 g/mol. The molecule has 2 aromatic rings. The van der Waals surface area contributed by atoms with Gasteiger partial charge in [0, 0.05) is 5.56 Å². The van der Waals surface area contributed by atoms with E-state index in [4.69, 9.17) is 0 Å². The maximum absolute atomic E-state index is 4.04. The first-order valence-corrected chi connectivity index (χ1v) is 4.47. The third-order valence-corrected chi connectivity index (χ3v) is 2.15. The van der Waals surface area contributed by atoms with Crippen LogP contribution >= 0.6 is 0 Å². The van der Waals surface area contributed by atoms with Crippen molar-refractivity contribution in [1.29, 1.82) is 0 Å². The van der Waals surface area contributed by atoms with Crippen LogP contribution < -0.4 is 0 Å². The number of nitrogens with zero attached hydrogens (tertiary/aromatic N) is 3. The fourth-order valence-corrected chi connectivity index (χ4v) is 1.38. The van der Waals surface area contributed by atoms with E-state index in [0.29, 0.717) is 0 Å². The predicted octanol–water partition coefficient (Wildman–Crippen LogP) is 2.16. The second kappa shape index (κ2) is 3.54. The van der Waals surface area contributed by atoms with E-state index < -0.39 is 0 Å². The third-order valence-electron chi connectivity index (χ3n) is 2.15. The Balaban J connectivity index is 2.57. The molecule has 0 amide bonds. The molecule has 1 aromatic heterocycles. The molecule has 0 bridgehead atoms. The van der Waals surface area contributed by atoms with Gasteiger partial charge < -0.3 is 0 Å². The van der Waals surface area contributed by atoms with Crippen molar-refractivity contribution in [3.05, 3.63) is 41.9 Å². The number of aryl methyl sites for hydroxylation is 2. The molecule has 0 fully saturated rings. The van der Waals surface area contributed by atoms with E-state index >= 15 is 0 Å². The van der Waals surface area contributed by atoms with Crippen LogP contribution in [0.2, 0.25) is 0 Å². The van der Waals surface area contributed by atoms with Gasteiger partial charge in [-0.1, -0.05) is 17.7 Å². The quantitative estimate of drug-likeness (QED) is 0.683. The summed E-state index contributed by atoms with van der Waals surface area (Å²) >= 11 is 0. The molecule has 0 unspecified atom stereocenters. The molecule has 3 heteroatoms. The first-order valence-electron chi connectivity index (χ1n) is 4.47. The lowest BCUT2D eigenvalue weighted by molar-refractivity contribution is 0.974. The molecule has 0 saturated heterocycles. The molecule has 0 aliphatic heterocycles. The van der Waals surface area contributed by atoms with E-state index in [1.165, 1.54) is 17.5 Å². The molecular formula is C11H11N3. The summed E-state index contributed by atoms with van der Waals surface area (Å²) in [6.45, 7) is 4.12. The van der Waals surface area contributed by atoms with Crippen LogP contribution in [-0.2, 0) is 0 Å². The van der Waals surface area contributed by atoms with Gasteiger partial charge in [0.1, 0.15) is 12.0 Å². The van der Waals surface area contributed by atoms with Gasteiger partial charge >= 0.3 is 0 Å². The van der Waals surface area contributed by atoms with Crippen LogP contribution in [0.4, 0.5) is 0 Å². The number of benzene rings is 1. The molecule has 0 atom stereocenters. The standard InChI is InChI=1S/C11H11N3/c1-8-3-4-9(2)10(5-8)11-6-12-7-13-14-11/h3-7H,1-2H3. The van der Waals surface area contributed by atoms with Crippen LogP contribution in [0.5, 0.6) is 0 Å². The van der Waals surface area contributed by atoms with Crippen LogP contribution in [0, 0.1) is 13.8 Å². The molecule has 70 valence electrons. The first-order chi connectivity index (χ1) is 6.77. The van der Waals surface area contributed by atoms with Gasteiger partial charge in [0.15, 0.2) is 0 Å². The normalized spacial score (nSPS) is 10.1. The van der Waals surface area contributed by atoms with Gasteiger partial charge in [-0.05, 0) is 25.5 Å². The Morgan fingerprint density at radius 1 is 1.14 bits per heavy atom. The lowest BCUT2D eigenvalue weighted by Gasteiger charge is -2.04. The highest BCUT2D eigenvalue weighted by Crippen LogP contribution is 2.20. The summed E-state index contributed by atoms with van der Waals surface area (Å²) in [5, 5.41) is 7.81. The van der Waals surface area contributed by atoms with Crippen molar-refractivity contribution in [2.75, 3.05) is 0 Å². The van der Waals surface area contributed by atoms with Crippen molar-refractivity contribution in [3.8, 4) is 11.3 Å². The van der Waals surface area contributed by atoms with Gasteiger partial charge in [-0.15, -0.1) is 10.2 Å². The van der Waals surface area contributed by atoms with Gasteiger partial charge in [0.25, 0.3) is 0 Å². The third kappa shape index (κ3) is 1.62. The summed E-state index contributed by atoms with van der Waals surface area (Å²) in [6.07, 6.45) is 3.17. The molecule has 3 nitrogen and oxygen atoms in total. The smallest absolute Gasteiger partial charge is 0.138 e. The zero-order chi connectivity index (χ0) is 9.97. The highest BCUT2D eigenvalue weighted by molar-refractivity contribution is 5.62. The van der Waals surface area contributed by atoms with E-state index in [-0.39, 0.29) is 0 Å². The van der Waals surface area contributed by atoms with E-state index in [0.717, 1.165) is 11.3 Å². The average molecular weight is 185 g/mol. The first kappa shape index (κ1) is 8.81. The lowest BCUT2D eigenvalue weighted by atomic mass is 10.0. The molecule has 0 N–H and O–H groups in total. The fraction of sp³-hybridized carbons (Fsp3) is 0.182. The average Bonchev–Trinajstić information content (AvgIpc) is 2.23. The Hall–Kier alpha value is -1.77. The number of hydrogen-bond donors (Lipinski definition) is 0. The lowest BCUT2D eigenvalue weighted by Crippen LogP contribution is -1.91. The summed E-state index contributed by atoms with van der Waals surface area (Å²) < 4.78 is 0. The van der Waals surface area contributed by atoms with Crippen molar-refractivity contribution in [3.63, 3.8) is 0 Å². The molecule has 2 rings (SSSR count). The van der Waals surface area contributed by atoms with Gasteiger partial charge in [-0.25, -0.2) is 4.98 Å². The number of hydrogen-bond acceptors (Lipinski definition) is 3. The fourth-order valence-electron chi connectivity index (χ4n) is 1.38. The second-order valence-corrected chi connectivity index (χ2v) is 3.31. The molecule has 0 spiro atoms. The van der Waals surface area contributed by atoms with E-state index in [2.05, 4.69) is 47.2 Å². The summed E-state index contributed by atoms with van der Waals surface area (Å²) in [5.74, 6) is 0. The maximum Gasteiger partial charge on any atom is 0.138 e. The zero-order valence-corrected chi connectivity index (χ0v) is 8.23. The predicted molar refractivity (Wildman–Crippen MR) is 54.7 cm³/mol. The van der Waals surface area contributed by atoms with E-state index in [9.17, 15) is 0 Å². The van der Waals surface area contributed by atoms with Gasteiger partial charge in [-0.2, -0.15) is 0 Å². The van der Waals surface area contributed by atoms with Crippen LogP contribution in [0.25, 0.3) is 11.3 Å². The van der Waals surface area contributed by atoms with Crippen molar-refractivity contribution in [2.24, 2.45) is 0 Å². The van der Waals surface area contributed by atoms with Crippen molar-refractivity contribution in [1.82, 2.24) is 15.2 Å². The molecule has 1 heterocycles. The topological polar surface area (TPSA) is 38.7 Å². The Labute approximate surface area is 82.8 Å². The van der Waals surface area contributed by atoms with Crippen LogP contribution in [0.3, 0.4) is 0 Å². The molecular weight excluding hydrogens is 174 g/mol. The minimum absolute atomic E-state index is 0.828. The molecule has 14 heavy (non-hydrogen) atoms. The Bertz CT molecular complexity index is 438. The summed E-state index contributed by atoms with van der Waals surface area (Å²) in [7, 11) is 0. The van der Waals surface area contributed by atoms with Gasteiger partial charge in [0.2, 0.25) is 0 Å². The van der Waals surface area contributed by atoms with E-state index in [1.54, 1.807) is 6.20 Å². The summed E-state index contributed by atoms with van der Waals surface area (Å²) in [4.78, 5) is 3.96. The van der Waals surface area contributed by atoms with Crippen molar-refractivity contribution >= 4 is 0 Å². The largest absolute Gasteiger partial charge is 0.241 e. The molecule has 0 aliphatic carbocycles. The highest BCUT2D eigenvalue weighted by Gasteiger charge is 2.03. The second-order valence-electron chi connectivity index (χ2n) is 3.31. The minimum atomic E-state index is 0.828. The summed E-state index contributed by atoms with van der Waals surface area (Å²) in [6, 6.07) is 6.27. The Morgan fingerprint density at radius 3 is 2.71 bits per heavy atom. The van der Waals surface area contributed by atoms with Crippen LogP contribution in [0.1, 0.15) is 11.1 Å². The van der Waals surface area contributed by atoms with Gasteiger partial charge in [-0.3, -0.25) is 0 Å². The molecule has 0 aliphatic rings.